The highest BCUT2D eigenvalue weighted by Crippen LogP contribution is 2.36. The van der Waals surface area contributed by atoms with Crippen molar-refractivity contribution in [3.8, 4) is 0 Å². The van der Waals surface area contributed by atoms with Gasteiger partial charge in [-0.05, 0) is 49.4 Å². The highest BCUT2D eigenvalue weighted by atomic mass is 32.2. The fourth-order valence-corrected chi connectivity index (χ4v) is 4.79. The van der Waals surface area contributed by atoms with Gasteiger partial charge < -0.3 is 0 Å². The summed E-state index contributed by atoms with van der Waals surface area (Å²) < 4.78 is 24.8. The molecule has 0 fully saturated rings. The van der Waals surface area contributed by atoms with E-state index in [1.54, 1.807) is 19.9 Å². The summed E-state index contributed by atoms with van der Waals surface area (Å²) >= 11 is 0. The van der Waals surface area contributed by atoms with E-state index in [4.69, 9.17) is 0 Å². The molecule has 3 nitrogen and oxygen atoms in total. The molecule has 0 spiro atoms. The van der Waals surface area contributed by atoms with Gasteiger partial charge in [-0.3, -0.25) is 4.79 Å². The first-order valence-electron chi connectivity index (χ1n) is 6.37. The molecule has 1 aromatic rings. The zero-order chi connectivity index (χ0) is 13.1. The van der Waals surface area contributed by atoms with Crippen molar-refractivity contribution >= 4 is 15.6 Å². The number of ketones is 1. The van der Waals surface area contributed by atoms with Crippen molar-refractivity contribution in [2.45, 2.75) is 43.3 Å². The van der Waals surface area contributed by atoms with Crippen molar-refractivity contribution in [2.75, 3.05) is 0 Å². The van der Waals surface area contributed by atoms with Gasteiger partial charge >= 0.3 is 0 Å². The summed E-state index contributed by atoms with van der Waals surface area (Å²) in [5.41, 5.74) is 2.67. The zero-order valence-corrected chi connectivity index (χ0v) is 11.4. The average Bonchev–Trinajstić information content (AvgIpc) is 2.80. The molecular weight excluding hydrogens is 248 g/mol. The van der Waals surface area contributed by atoms with Crippen molar-refractivity contribution in [3.05, 3.63) is 28.8 Å². The minimum absolute atomic E-state index is 0.0259. The van der Waals surface area contributed by atoms with Crippen LogP contribution in [0.25, 0.3) is 0 Å². The number of aryl methyl sites for hydroxylation is 2. The lowest BCUT2D eigenvalue weighted by molar-refractivity contribution is 0.0920. The summed E-state index contributed by atoms with van der Waals surface area (Å²) in [4.78, 5) is 12.5. The van der Waals surface area contributed by atoms with Gasteiger partial charge in [-0.15, -0.1) is 0 Å². The second-order valence-corrected chi connectivity index (χ2v) is 7.65. The maximum absolute atomic E-state index is 12.4. The van der Waals surface area contributed by atoms with Crippen molar-refractivity contribution in [2.24, 2.45) is 5.92 Å². The van der Waals surface area contributed by atoms with Crippen LogP contribution in [0.15, 0.2) is 17.0 Å². The minimum Gasteiger partial charge on any atom is -0.294 e. The Hall–Kier alpha value is -1.16. The number of sulfone groups is 1. The molecule has 2 aliphatic rings. The van der Waals surface area contributed by atoms with E-state index in [9.17, 15) is 13.2 Å². The predicted octanol–water partition coefficient (Wildman–Crippen LogP) is 2.17. The molecule has 1 heterocycles. The molecule has 2 atom stereocenters. The van der Waals surface area contributed by atoms with Crippen LogP contribution in [-0.4, -0.2) is 19.5 Å². The van der Waals surface area contributed by atoms with Crippen LogP contribution in [0.3, 0.4) is 0 Å². The number of hydrogen-bond acceptors (Lipinski definition) is 3. The summed E-state index contributed by atoms with van der Waals surface area (Å²) in [6.07, 6.45) is 2.94. The van der Waals surface area contributed by atoms with Gasteiger partial charge in [0.25, 0.3) is 0 Å². The summed E-state index contributed by atoms with van der Waals surface area (Å²) in [6, 6.07) is 3.56. The molecule has 0 saturated heterocycles. The van der Waals surface area contributed by atoms with Gasteiger partial charge in [-0.2, -0.15) is 0 Å². The van der Waals surface area contributed by atoms with Crippen LogP contribution in [0.1, 0.15) is 41.8 Å². The normalized spacial score (nSPS) is 28.9. The van der Waals surface area contributed by atoms with E-state index in [0.29, 0.717) is 5.56 Å². The van der Waals surface area contributed by atoms with Crippen molar-refractivity contribution in [3.63, 3.8) is 0 Å². The topological polar surface area (TPSA) is 51.2 Å². The molecule has 1 aliphatic carbocycles. The highest BCUT2D eigenvalue weighted by Gasteiger charge is 2.41. The van der Waals surface area contributed by atoms with E-state index >= 15 is 0 Å². The van der Waals surface area contributed by atoms with Crippen LogP contribution in [0.4, 0.5) is 0 Å². The molecular formula is C14H16O3S. The van der Waals surface area contributed by atoms with Crippen LogP contribution < -0.4 is 0 Å². The number of fused-ring (bicyclic) bond motifs is 2. The molecule has 1 aliphatic heterocycles. The van der Waals surface area contributed by atoms with Crippen LogP contribution in [0.2, 0.25) is 0 Å². The molecule has 0 bridgehead atoms. The summed E-state index contributed by atoms with van der Waals surface area (Å²) in [5.74, 6) is -0.469. The van der Waals surface area contributed by atoms with Gasteiger partial charge in [0, 0.05) is 11.5 Å². The van der Waals surface area contributed by atoms with E-state index in [1.165, 1.54) is 0 Å². The number of carbonyl (C=O) groups is 1. The first-order chi connectivity index (χ1) is 8.43. The smallest absolute Gasteiger partial charge is 0.182 e. The Balaban J connectivity index is 2.32. The molecule has 18 heavy (non-hydrogen) atoms. The Morgan fingerprint density at radius 2 is 1.72 bits per heavy atom. The third kappa shape index (κ3) is 1.41. The predicted molar refractivity (Wildman–Crippen MR) is 68.6 cm³/mol. The van der Waals surface area contributed by atoms with E-state index in [1.807, 2.05) is 6.07 Å². The van der Waals surface area contributed by atoms with Crippen LogP contribution in [0, 0.1) is 5.92 Å². The molecule has 0 saturated carbocycles. The number of rotatable bonds is 0. The largest absolute Gasteiger partial charge is 0.294 e. The highest BCUT2D eigenvalue weighted by molar-refractivity contribution is 7.92. The van der Waals surface area contributed by atoms with Crippen molar-refractivity contribution in [1.29, 1.82) is 0 Å². The average molecular weight is 264 g/mol. The fourth-order valence-electron chi connectivity index (χ4n) is 2.96. The van der Waals surface area contributed by atoms with Crippen LogP contribution >= 0.6 is 0 Å². The molecule has 3 rings (SSSR count). The Bertz CT molecular complexity index is 643. The van der Waals surface area contributed by atoms with Gasteiger partial charge in [0.15, 0.2) is 15.6 Å². The molecule has 1 aromatic carbocycles. The summed E-state index contributed by atoms with van der Waals surface area (Å²) in [7, 11) is -3.35. The second kappa shape index (κ2) is 3.67. The molecule has 0 amide bonds. The maximum atomic E-state index is 12.4. The third-order valence-electron chi connectivity index (χ3n) is 4.37. The quantitative estimate of drug-likeness (QED) is 0.721. The van der Waals surface area contributed by atoms with Gasteiger partial charge in [0.2, 0.25) is 0 Å². The first-order valence-corrected chi connectivity index (χ1v) is 7.91. The van der Waals surface area contributed by atoms with Gasteiger partial charge in [0.1, 0.15) is 0 Å². The second-order valence-electron chi connectivity index (χ2n) is 5.37. The zero-order valence-electron chi connectivity index (χ0n) is 10.6. The maximum Gasteiger partial charge on any atom is 0.182 e. The Morgan fingerprint density at radius 3 is 2.39 bits per heavy atom. The van der Waals surface area contributed by atoms with Gasteiger partial charge in [-0.1, -0.05) is 6.92 Å². The van der Waals surface area contributed by atoms with E-state index < -0.39 is 21.0 Å². The Morgan fingerprint density at radius 1 is 1.11 bits per heavy atom. The van der Waals surface area contributed by atoms with E-state index in [0.717, 1.165) is 30.4 Å². The van der Waals surface area contributed by atoms with Crippen molar-refractivity contribution in [1.82, 2.24) is 0 Å². The van der Waals surface area contributed by atoms with Gasteiger partial charge in [-0.25, -0.2) is 8.42 Å². The number of hydrogen-bond donors (Lipinski definition) is 0. The molecule has 2 unspecified atom stereocenters. The standard InChI is InChI=1S/C14H16O3S/c1-8-9(2)18(16,17)13-7-11-5-3-4-10(11)6-12(13)14(8)15/h6-9H,3-5H2,1-2H3. The number of Topliss-reactive ketones (excluding diaryl/α,β-unsaturated/α-hetero) is 1. The minimum atomic E-state index is -3.35. The van der Waals surface area contributed by atoms with E-state index in [2.05, 4.69) is 0 Å². The fraction of sp³-hybridized carbons (Fsp3) is 0.500. The number of benzene rings is 1. The molecule has 0 radical (unpaired) electrons. The Kier molecular flexibility index (Phi) is 2.43. The molecule has 0 aromatic heterocycles. The molecule has 96 valence electrons. The van der Waals surface area contributed by atoms with Crippen LogP contribution in [0.5, 0.6) is 0 Å². The van der Waals surface area contributed by atoms with Crippen LogP contribution in [-0.2, 0) is 22.7 Å². The van der Waals surface area contributed by atoms with E-state index in [-0.39, 0.29) is 10.7 Å². The summed E-state index contributed by atoms with van der Waals surface area (Å²) in [6.45, 7) is 3.34. The lowest BCUT2D eigenvalue weighted by atomic mass is 9.93. The lowest BCUT2D eigenvalue weighted by Crippen LogP contribution is -2.37. The third-order valence-corrected chi connectivity index (χ3v) is 6.71. The van der Waals surface area contributed by atoms with Crippen molar-refractivity contribution < 1.29 is 13.2 Å². The lowest BCUT2D eigenvalue weighted by Gasteiger charge is -2.27. The number of carbonyl (C=O) groups excluding carboxylic acids is 1. The Labute approximate surface area is 107 Å². The SMILES string of the molecule is CC1C(=O)c2cc3c(cc2S(=O)(=O)C1C)CCC3. The summed E-state index contributed by atoms with van der Waals surface area (Å²) in [5, 5.41) is -0.614. The first kappa shape index (κ1) is 11.9. The molecule has 4 heteroatoms. The van der Waals surface area contributed by atoms with Gasteiger partial charge in [0.05, 0.1) is 10.1 Å². The monoisotopic (exact) mass is 264 g/mol. The molecule has 0 N–H and O–H groups in total.